The van der Waals surface area contributed by atoms with Crippen LogP contribution < -0.4 is 0 Å². The van der Waals surface area contributed by atoms with Crippen molar-refractivity contribution in [1.29, 1.82) is 0 Å². The molecule has 2 rings (SSSR count). The number of benzene rings is 1. The molecule has 1 atom stereocenters. The summed E-state index contributed by atoms with van der Waals surface area (Å²) in [6.07, 6.45) is 3.21. The highest BCUT2D eigenvalue weighted by molar-refractivity contribution is 5.77. The lowest BCUT2D eigenvalue weighted by Crippen LogP contribution is -2.48. The Kier molecular flexibility index (Phi) is 7.64. The van der Waals surface area contributed by atoms with E-state index in [1.165, 1.54) is 11.1 Å². The SMILES string of the molecule is CCC(CC(=O)N1CCC(N(CC)CC(=O)O)CC1)c1ccc(C)cc1. The lowest BCUT2D eigenvalue weighted by Gasteiger charge is -2.38. The summed E-state index contributed by atoms with van der Waals surface area (Å²) in [4.78, 5) is 27.7. The van der Waals surface area contributed by atoms with Crippen LogP contribution in [0.2, 0.25) is 0 Å². The summed E-state index contributed by atoms with van der Waals surface area (Å²) in [7, 11) is 0. The van der Waals surface area contributed by atoms with Crippen LogP contribution in [0.1, 0.15) is 56.6 Å². The van der Waals surface area contributed by atoms with Crippen LogP contribution in [0.5, 0.6) is 0 Å². The van der Waals surface area contributed by atoms with Crippen molar-refractivity contribution in [3.8, 4) is 0 Å². The highest BCUT2D eigenvalue weighted by atomic mass is 16.4. The molecule has 0 spiro atoms. The maximum absolute atomic E-state index is 12.7. The zero-order chi connectivity index (χ0) is 19.1. The smallest absolute Gasteiger partial charge is 0.317 e. The van der Waals surface area contributed by atoms with Gasteiger partial charge in [-0.3, -0.25) is 14.5 Å². The first kappa shape index (κ1) is 20.4. The third-order valence-electron chi connectivity index (χ3n) is 5.54. The molecular formula is C21H32N2O3. The molecule has 1 aromatic carbocycles. The van der Waals surface area contributed by atoms with Crippen LogP contribution in [0.25, 0.3) is 0 Å². The van der Waals surface area contributed by atoms with Gasteiger partial charge in [0, 0.05) is 25.6 Å². The summed E-state index contributed by atoms with van der Waals surface area (Å²) < 4.78 is 0. The summed E-state index contributed by atoms with van der Waals surface area (Å²) in [5, 5.41) is 9.03. The molecule has 1 aliphatic rings. The zero-order valence-corrected chi connectivity index (χ0v) is 16.3. The number of carboxylic acid groups (broad SMARTS) is 1. The van der Waals surface area contributed by atoms with Gasteiger partial charge in [-0.15, -0.1) is 0 Å². The summed E-state index contributed by atoms with van der Waals surface area (Å²) in [6.45, 7) is 8.47. The molecule has 0 aromatic heterocycles. The number of carbonyl (C=O) groups excluding carboxylic acids is 1. The molecule has 1 fully saturated rings. The van der Waals surface area contributed by atoms with Gasteiger partial charge in [0.05, 0.1) is 6.54 Å². The predicted molar refractivity (Wildman–Crippen MR) is 103 cm³/mol. The number of amides is 1. The lowest BCUT2D eigenvalue weighted by molar-refractivity contribution is -0.140. The molecule has 1 unspecified atom stereocenters. The number of piperidine rings is 1. The molecule has 0 bridgehead atoms. The number of nitrogens with zero attached hydrogens (tertiary/aromatic N) is 2. The number of likely N-dealkylation sites (tertiary alicyclic amines) is 1. The number of rotatable bonds is 8. The maximum atomic E-state index is 12.7. The number of aliphatic carboxylic acids is 1. The lowest BCUT2D eigenvalue weighted by atomic mass is 9.91. The monoisotopic (exact) mass is 360 g/mol. The van der Waals surface area contributed by atoms with Gasteiger partial charge in [-0.05, 0) is 44.2 Å². The molecule has 0 radical (unpaired) electrons. The predicted octanol–water partition coefficient (Wildman–Crippen LogP) is 3.28. The van der Waals surface area contributed by atoms with E-state index in [4.69, 9.17) is 5.11 Å². The fraction of sp³-hybridized carbons (Fsp3) is 0.619. The van der Waals surface area contributed by atoms with Crippen LogP contribution in [0.3, 0.4) is 0 Å². The first-order valence-corrected chi connectivity index (χ1v) is 9.74. The fourth-order valence-electron chi connectivity index (χ4n) is 3.83. The van der Waals surface area contributed by atoms with Crippen molar-refractivity contribution in [3.05, 3.63) is 35.4 Å². The summed E-state index contributed by atoms with van der Waals surface area (Å²) in [6, 6.07) is 8.74. The highest BCUT2D eigenvalue weighted by Crippen LogP contribution is 2.26. The van der Waals surface area contributed by atoms with E-state index in [0.29, 0.717) is 6.42 Å². The molecule has 5 heteroatoms. The molecule has 1 N–H and O–H groups in total. The van der Waals surface area contributed by atoms with Gasteiger partial charge < -0.3 is 10.0 Å². The van der Waals surface area contributed by atoms with E-state index >= 15 is 0 Å². The normalized spacial score (nSPS) is 16.7. The average molecular weight is 360 g/mol. The third-order valence-corrected chi connectivity index (χ3v) is 5.54. The fourth-order valence-corrected chi connectivity index (χ4v) is 3.83. The molecule has 1 saturated heterocycles. The Morgan fingerprint density at radius 3 is 2.31 bits per heavy atom. The number of carbonyl (C=O) groups is 2. The topological polar surface area (TPSA) is 60.9 Å². The van der Waals surface area contributed by atoms with Gasteiger partial charge in [-0.2, -0.15) is 0 Å². The van der Waals surface area contributed by atoms with E-state index in [1.54, 1.807) is 0 Å². The van der Waals surface area contributed by atoms with Crippen molar-refractivity contribution in [2.45, 2.75) is 58.4 Å². The Labute approximate surface area is 157 Å². The summed E-state index contributed by atoms with van der Waals surface area (Å²) >= 11 is 0. The van der Waals surface area contributed by atoms with Crippen LogP contribution in [-0.2, 0) is 9.59 Å². The van der Waals surface area contributed by atoms with Gasteiger partial charge in [-0.1, -0.05) is 43.7 Å². The van der Waals surface area contributed by atoms with Crippen LogP contribution in [0.15, 0.2) is 24.3 Å². The van der Waals surface area contributed by atoms with E-state index in [-0.39, 0.29) is 24.4 Å². The molecule has 144 valence electrons. The van der Waals surface area contributed by atoms with Crippen LogP contribution in [0, 0.1) is 6.92 Å². The van der Waals surface area contributed by atoms with Gasteiger partial charge in [0.2, 0.25) is 5.91 Å². The van der Waals surface area contributed by atoms with Crippen molar-refractivity contribution < 1.29 is 14.7 Å². The summed E-state index contributed by atoms with van der Waals surface area (Å²) in [5.41, 5.74) is 2.47. The Hall–Kier alpha value is -1.88. The minimum atomic E-state index is -0.783. The number of likely N-dealkylation sites (N-methyl/N-ethyl adjacent to an activating group) is 1. The second kappa shape index (κ2) is 9.72. The quantitative estimate of drug-likeness (QED) is 0.773. The Balaban J connectivity index is 1.89. The molecule has 1 aromatic rings. The van der Waals surface area contributed by atoms with E-state index in [9.17, 15) is 9.59 Å². The highest BCUT2D eigenvalue weighted by Gasteiger charge is 2.28. The molecule has 1 amide bonds. The first-order chi connectivity index (χ1) is 12.4. The minimum Gasteiger partial charge on any atom is -0.480 e. The average Bonchev–Trinajstić information content (AvgIpc) is 2.64. The maximum Gasteiger partial charge on any atom is 0.317 e. The van der Waals surface area contributed by atoms with E-state index in [0.717, 1.165) is 38.9 Å². The van der Waals surface area contributed by atoms with E-state index in [1.807, 2.05) is 16.7 Å². The Morgan fingerprint density at radius 2 is 1.81 bits per heavy atom. The van der Waals surface area contributed by atoms with Crippen LogP contribution >= 0.6 is 0 Å². The van der Waals surface area contributed by atoms with Gasteiger partial charge >= 0.3 is 5.97 Å². The number of carboxylic acids is 1. The van der Waals surface area contributed by atoms with Crippen molar-refractivity contribution in [2.24, 2.45) is 0 Å². The van der Waals surface area contributed by atoms with Crippen molar-refractivity contribution in [1.82, 2.24) is 9.80 Å². The molecule has 1 heterocycles. The van der Waals surface area contributed by atoms with E-state index in [2.05, 4.69) is 38.1 Å². The third kappa shape index (κ3) is 5.56. The van der Waals surface area contributed by atoms with E-state index < -0.39 is 5.97 Å². The van der Waals surface area contributed by atoms with Gasteiger partial charge in [-0.25, -0.2) is 0 Å². The zero-order valence-electron chi connectivity index (χ0n) is 16.3. The molecule has 26 heavy (non-hydrogen) atoms. The second-order valence-corrected chi connectivity index (χ2v) is 7.29. The van der Waals surface area contributed by atoms with Crippen LogP contribution in [-0.4, -0.2) is 59.0 Å². The minimum absolute atomic E-state index is 0.0838. The first-order valence-electron chi connectivity index (χ1n) is 9.74. The van der Waals surface area contributed by atoms with Crippen molar-refractivity contribution >= 4 is 11.9 Å². The number of aryl methyl sites for hydroxylation is 1. The van der Waals surface area contributed by atoms with Gasteiger partial charge in [0.1, 0.15) is 0 Å². The number of hydrogen-bond acceptors (Lipinski definition) is 3. The number of hydrogen-bond donors (Lipinski definition) is 1. The Bertz CT molecular complexity index is 592. The molecule has 0 saturated carbocycles. The van der Waals surface area contributed by atoms with Crippen molar-refractivity contribution in [2.75, 3.05) is 26.2 Å². The second-order valence-electron chi connectivity index (χ2n) is 7.29. The molecular weight excluding hydrogens is 328 g/mol. The largest absolute Gasteiger partial charge is 0.480 e. The Morgan fingerprint density at radius 1 is 1.19 bits per heavy atom. The summed E-state index contributed by atoms with van der Waals surface area (Å²) in [5.74, 6) is -0.300. The van der Waals surface area contributed by atoms with Gasteiger partial charge in [0.15, 0.2) is 0 Å². The molecule has 5 nitrogen and oxygen atoms in total. The van der Waals surface area contributed by atoms with Gasteiger partial charge in [0.25, 0.3) is 0 Å². The molecule has 0 aliphatic carbocycles. The standard InChI is InChI=1S/C21H32N2O3/c1-4-17(18-8-6-16(3)7-9-18)14-20(24)23-12-10-19(11-13-23)22(5-2)15-21(25)26/h6-9,17,19H,4-5,10-15H2,1-3H3,(H,25,26). The molecule has 1 aliphatic heterocycles. The van der Waals surface area contributed by atoms with Crippen molar-refractivity contribution in [3.63, 3.8) is 0 Å². The van der Waals surface area contributed by atoms with Crippen LogP contribution in [0.4, 0.5) is 0 Å².